The van der Waals surface area contributed by atoms with Crippen LogP contribution in [-0.4, -0.2) is 42.3 Å². The predicted molar refractivity (Wildman–Crippen MR) is 160 cm³/mol. The maximum Gasteiger partial charge on any atom is 0.338 e. The first-order valence-electron chi connectivity index (χ1n) is 16.8. The molecule has 4 aliphatic carbocycles. The van der Waals surface area contributed by atoms with Crippen LogP contribution in [0.25, 0.3) is 0 Å². The van der Waals surface area contributed by atoms with E-state index in [-0.39, 0.29) is 29.0 Å². The summed E-state index contributed by atoms with van der Waals surface area (Å²) in [7, 11) is 0. The van der Waals surface area contributed by atoms with Gasteiger partial charge in [0.15, 0.2) is 5.79 Å². The number of esters is 1. The Morgan fingerprint density at radius 3 is 2.37 bits per heavy atom. The molecule has 5 fully saturated rings. The Morgan fingerprint density at radius 1 is 0.951 bits per heavy atom. The van der Waals surface area contributed by atoms with Crippen molar-refractivity contribution in [2.75, 3.05) is 13.2 Å². The van der Waals surface area contributed by atoms with Gasteiger partial charge >= 0.3 is 5.97 Å². The summed E-state index contributed by atoms with van der Waals surface area (Å²) in [6, 6.07) is 9.56. The van der Waals surface area contributed by atoms with E-state index >= 15 is 0 Å². The van der Waals surface area contributed by atoms with Crippen LogP contribution in [0.3, 0.4) is 0 Å². The highest BCUT2D eigenvalue weighted by Crippen LogP contribution is 2.69. The molecular weight excluding hydrogens is 512 g/mol. The number of fused-ring (bicyclic) bond motifs is 5. The summed E-state index contributed by atoms with van der Waals surface area (Å²) in [4.78, 5) is 13.5. The van der Waals surface area contributed by atoms with Gasteiger partial charge in [0.25, 0.3) is 0 Å². The standard InChI is InChI=1S/C36H54O5/c1-23(2)30(37)14-11-24(3)27-12-13-28-32-29(15-16-35(27,28)5)34(4)17-18-36(39-19-20-40-36)22-26(34)21-31(32)41-33(38)25-9-7-6-8-10-25/h6-10,23-24,26-32,37H,11-22H2,1-5H3/t24-,26+,27-,28?,29?,30-,31?,32?,34+,35-/m1/s1. The number of aliphatic hydroxyl groups is 1. The van der Waals surface area contributed by atoms with E-state index in [4.69, 9.17) is 14.2 Å². The maximum absolute atomic E-state index is 13.5. The molecule has 1 N–H and O–H groups in total. The van der Waals surface area contributed by atoms with E-state index < -0.39 is 5.79 Å². The van der Waals surface area contributed by atoms with Crippen LogP contribution in [0.4, 0.5) is 0 Å². The van der Waals surface area contributed by atoms with Crippen molar-refractivity contribution in [1.29, 1.82) is 0 Å². The minimum Gasteiger partial charge on any atom is -0.458 e. The zero-order valence-corrected chi connectivity index (χ0v) is 26.1. The summed E-state index contributed by atoms with van der Waals surface area (Å²) < 4.78 is 19.1. The number of carbonyl (C=O) groups is 1. The van der Waals surface area contributed by atoms with Gasteiger partial charge in [0, 0.05) is 18.8 Å². The Hall–Kier alpha value is -1.43. The van der Waals surface area contributed by atoms with Crippen LogP contribution in [0, 0.1) is 52.3 Å². The average molecular weight is 567 g/mol. The molecule has 4 saturated carbocycles. The summed E-state index contributed by atoms with van der Waals surface area (Å²) >= 11 is 0. The molecule has 41 heavy (non-hydrogen) atoms. The molecule has 5 nitrogen and oxygen atoms in total. The van der Waals surface area contributed by atoms with E-state index in [0.29, 0.717) is 60.2 Å². The van der Waals surface area contributed by atoms with Gasteiger partial charge in [-0.2, -0.15) is 0 Å². The van der Waals surface area contributed by atoms with Crippen LogP contribution in [0.1, 0.15) is 109 Å². The third-order valence-electron chi connectivity index (χ3n) is 13.2. The topological polar surface area (TPSA) is 65.0 Å². The fourth-order valence-corrected chi connectivity index (χ4v) is 10.7. The number of rotatable bonds is 7. The molecule has 6 rings (SSSR count). The second kappa shape index (κ2) is 11.2. The van der Waals surface area contributed by atoms with Gasteiger partial charge in [0.2, 0.25) is 0 Å². The molecule has 0 aromatic heterocycles. The Labute approximate surface area is 248 Å². The lowest BCUT2D eigenvalue weighted by molar-refractivity contribution is -0.242. The fourth-order valence-electron chi connectivity index (χ4n) is 10.7. The SMILES string of the molecule is CC(C)[C@H](O)CC[C@@H](C)[C@H]1CCC2C3C(OC(=O)c4ccccc4)C[C@H]4CC5(CC[C@]4(C)C3CC[C@@]21C)OCCO5. The van der Waals surface area contributed by atoms with Crippen LogP contribution in [0.2, 0.25) is 0 Å². The van der Waals surface area contributed by atoms with Crippen molar-refractivity contribution in [1.82, 2.24) is 0 Å². The van der Waals surface area contributed by atoms with E-state index in [1.165, 1.54) is 25.7 Å². The Morgan fingerprint density at radius 2 is 1.66 bits per heavy atom. The third kappa shape index (κ3) is 5.20. The molecule has 0 amide bonds. The average Bonchev–Trinajstić information content (AvgIpc) is 3.56. The first kappa shape index (κ1) is 29.6. The van der Waals surface area contributed by atoms with Crippen molar-refractivity contribution in [3.05, 3.63) is 35.9 Å². The number of hydrogen-bond donors (Lipinski definition) is 1. The molecule has 4 unspecified atom stereocenters. The maximum atomic E-state index is 13.5. The molecule has 1 spiro atoms. The molecule has 1 saturated heterocycles. The third-order valence-corrected chi connectivity index (χ3v) is 13.2. The van der Waals surface area contributed by atoms with E-state index in [9.17, 15) is 9.90 Å². The molecule has 10 atom stereocenters. The molecule has 0 bridgehead atoms. The Bertz CT molecular complexity index is 1060. The Kier molecular flexibility index (Phi) is 8.13. The van der Waals surface area contributed by atoms with Crippen molar-refractivity contribution in [2.45, 2.75) is 117 Å². The quantitative estimate of drug-likeness (QED) is 0.343. The lowest BCUT2D eigenvalue weighted by Gasteiger charge is -2.63. The van der Waals surface area contributed by atoms with Crippen molar-refractivity contribution in [3.8, 4) is 0 Å². The van der Waals surface area contributed by atoms with Crippen molar-refractivity contribution in [2.24, 2.45) is 52.3 Å². The minimum atomic E-state index is -0.428. The van der Waals surface area contributed by atoms with E-state index in [1.54, 1.807) is 0 Å². The molecule has 1 aromatic rings. The predicted octanol–water partition coefficient (Wildman–Crippen LogP) is 7.66. The van der Waals surface area contributed by atoms with Gasteiger partial charge in [0.05, 0.1) is 24.9 Å². The summed E-state index contributed by atoms with van der Waals surface area (Å²) in [6.07, 6.45) is 10.6. The van der Waals surface area contributed by atoms with Crippen LogP contribution >= 0.6 is 0 Å². The Balaban J connectivity index is 1.27. The van der Waals surface area contributed by atoms with Crippen molar-refractivity contribution < 1.29 is 24.1 Å². The molecule has 1 aliphatic heterocycles. The van der Waals surface area contributed by atoms with Gasteiger partial charge in [-0.05, 0) is 110 Å². The second-order valence-corrected chi connectivity index (χ2v) is 15.4. The van der Waals surface area contributed by atoms with Crippen molar-refractivity contribution >= 4 is 5.97 Å². The van der Waals surface area contributed by atoms with E-state index in [1.807, 2.05) is 30.3 Å². The second-order valence-electron chi connectivity index (χ2n) is 15.4. The lowest BCUT2D eigenvalue weighted by atomic mass is 9.43. The number of carbonyl (C=O) groups excluding carboxylic acids is 1. The molecular formula is C36H54O5. The first-order chi connectivity index (χ1) is 19.6. The van der Waals surface area contributed by atoms with Gasteiger partial charge in [-0.15, -0.1) is 0 Å². The molecule has 0 radical (unpaired) electrons. The number of ether oxygens (including phenoxy) is 3. The van der Waals surface area contributed by atoms with Gasteiger partial charge in [-0.1, -0.05) is 52.8 Å². The molecule has 1 aromatic carbocycles. The number of benzene rings is 1. The normalized spacial score (nSPS) is 41.0. The van der Waals surface area contributed by atoms with Crippen LogP contribution in [-0.2, 0) is 14.2 Å². The molecule has 5 heteroatoms. The lowest BCUT2D eigenvalue weighted by Crippen LogP contribution is -2.60. The van der Waals surface area contributed by atoms with Gasteiger partial charge in [-0.3, -0.25) is 0 Å². The highest BCUT2D eigenvalue weighted by Gasteiger charge is 2.65. The van der Waals surface area contributed by atoms with Crippen LogP contribution in [0.15, 0.2) is 30.3 Å². The zero-order chi connectivity index (χ0) is 29.0. The highest BCUT2D eigenvalue weighted by atomic mass is 16.7. The summed E-state index contributed by atoms with van der Waals surface area (Å²) in [5.41, 5.74) is 1.14. The highest BCUT2D eigenvalue weighted by molar-refractivity contribution is 5.89. The summed E-state index contributed by atoms with van der Waals surface area (Å²) in [5.74, 6) is 2.95. The van der Waals surface area contributed by atoms with Gasteiger partial charge in [-0.25, -0.2) is 4.79 Å². The van der Waals surface area contributed by atoms with Gasteiger partial charge in [0.1, 0.15) is 6.10 Å². The first-order valence-corrected chi connectivity index (χ1v) is 16.8. The zero-order valence-electron chi connectivity index (χ0n) is 26.1. The molecule has 5 aliphatic rings. The van der Waals surface area contributed by atoms with E-state index in [2.05, 4.69) is 34.6 Å². The smallest absolute Gasteiger partial charge is 0.338 e. The van der Waals surface area contributed by atoms with Gasteiger partial charge < -0.3 is 19.3 Å². The summed E-state index contributed by atoms with van der Waals surface area (Å²) in [6.45, 7) is 13.2. The van der Waals surface area contributed by atoms with E-state index in [0.717, 1.165) is 38.5 Å². The monoisotopic (exact) mass is 566 g/mol. The number of hydrogen-bond acceptors (Lipinski definition) is 5. The fraction of sp³-hybridized carbons (Fsp3) is 0.806. The van der Waals surface area contributed by atoms with Crippen molar-refractivity contribution in [3.63, 3.8) is 0 Å². The molecule has 1 heterocycles. The molecule has 228 valence electrons. The minimum absolute atomic E-state index is 0.0659. The van der Waals surface area contributed by atoms with Crippen LogP contribution < -0.4 is 0 Å². The number of aliphatic hydroxyl groups excluding tert-OH is 1. The van der Waals surface area contributed by atoms with Crippen LogP contribution in [0.5, 0.6) is 0 Å². The largest absolute Gasteiger partial charge is 0.458 e. The summed E-state index contributed by atoms with van der Waals surface area (Å²) in [5, 5.41) is 10.5.